The molecule has 0 radical (unpaired) electrons. The Kier molecular flexibility index (Phi) is 4.19. The highest BCUT2D eigenvalue weighted by atomic mass is 15.1. The number of nitrogens with one attached hydrogen (secondary N) is 1. The van der Waals surface area contributed by atoms with E-state index < -0.39 is 0 Å². The molecule has 0 spiro atoms. The van der Waals surface area contributed by atoms with Crippen molar-refractivity contribution in [2.24, 2.45) is 5.92 Å². The van der Waals surface area contributed by atoms with Crippen LogP contribution in [0.2, 0.25) is 0 Å². The second kappa shape index (κ2) is 6.06. The van der Waals surface area contributed by atoms with Gasteiger partial charge >= 0.3 is 0 Å². The van der Waals surface area contributed by atoms with Gasteiger partial charge in [0.1, 0.15) is 0 Å². The molecule has 0 aromatic heterocycles. The summed E-state index contributed by atoms with van der Waals surface area (Å²) in [6.45, 7) is 3.62. The highest BCUT2D eigenvalue weighted by Gasteiger charge is 2.22. The summed E-state index contributed by atoms with van der Waals surface area (Å²) in [6.07, 6.45) is 6.66. The lowest BCUT2D eigenvalue weighted by molar-refractivity contribution is 0.307. The van der Waals surface area contributed by atoms with Crippen LogP contribution in [-0.2, 0) is 12.8 Å². The number of rotatable bonds is 6. The van der Waals surface area contributed by atoms with Crippen molar-refractivity contribution < 1.29 is 0 Å². The largest absolute Gasteiger partial charge is 0.312 e. The highest BCUT2D eigenvalue weighted by Crippen LogP contribution is 2.29. The van der Waals surface area contributed by atoms with Gasteiger partial charge in [0.2, 0.25) is 0 Å². The molecule has 0 heterocycles. The van der Waals surface area contributed by atoms with E-state index in [0.717, 1.165) is 12.5 Å². The van der Waals surface area contributed by atoms with Crippen LogP contribution in [0.3, 0.4) is 0 Å². The normalized spacial score (nSPS) is 22.5. The number of aryl methyl sites for hydroxylation is 1. The van der Waals surface area contributed by atoms with Crippen molar-refractivity contribution in [1.82, 2.24) is 10.2 Å². The number of hydrogen-bond donors (Lipinski definition) is 1. The molecule has 3 rings (SSSR count). The number of benzene rings is 1. The van der Waals surface area contributed by atoms with Crippen molar-refractivity contribution in [3.8, 4) is 0 Å². The molecule has 0 amide bonds. The molecule has 0 saturated heterocycles. The van der Waals surface area contributed by atoms with Crippen LogP contribution in [0.5, 0.6) is 0 Å². The average Bonchev–Trinajstić information content (AvgIpc) is 3.22. The maximum Gasteiger partial charge on any atom is 0.0111 e. The predicted molar refractivity (Wildman–Crippen MR) is 80.5 cm³/mol. The summed E-state index contributed by atoms with van der Waals surface area (Å²) in [5.74, 6) is 1.01. The van der Waals surface area contributed by atoms with Gasteiger partial charge in [0, 0.05) is 25.7 Å². The molecule has 1 aromatic carbocycles. The topological polar surface area (TPSA) is 15.3 Å². The Balaban J connectivity index is 1.39. The Labute approximate surface area is 117 Å². The van der Waals surface area contributed by atoms with E-state index >= 15 is 0 Å². The van der Waals surface area contributed by atoms with Crippen LogP contribution in [0.15, 0.2) is 24.3 Å². The van der Waals surface area contributed by atoms with Crippen molar-refractivity contribution in [2.45, 2.75) is 38.1 Å². The SMILES string of the molecule is CN(CCNC1CCc2ccccc2C1)CC1CC1. The van der Waals surface area contributed by atoms with Crippen molar-refractivity contribution in [2.75, 3.05) is 26.7 Å². The van der Waals surface area contributed by atoms with Gasteiger partial charge < -0.3 is 10.2 Å². The van der Waals surface area contributed by atoms with Crippen LogP contribution >= 0.6 is 0 Å². The Bertz CT molecular complexity index is 411. The van der Waals surface area contributed by atoms with E-state index in [0.29, 0.717) is 6.04 Å². The molecular weight excluding hydrogens is 232 g/mol. The molecule has 2 heteroatoms. The average molecular weight is 258 g/mol. The van der Waals surface area contributed by atoms with Gasteiger partial charge in [-0.3, -0.25) is 0 Å². The standard InChI is InChI=1S/C17H26N2/c1-19(13-14-6-7-14)11-10-18-17-9-8-15-4-2-3-5-16(15)12-17/h2-5,14,17-18H,6-13H2,1H3. The monoisotopic (exact) mass is 258 g/mol. The van der Waals surface area contributed by atoms with Crippen molar-refractivity contribution in [1.29, 1.82) is 0 Å². The lowest BCUT2D eigenvalue weighted by Gasteiger charge is -2.26. The third-order valence-corrected chi connectivity index (χ3v) is 4.54. The third-order valence-electron chi connectivity index (χ3n) is 4.54. The van der Waals surface area contributed by atoms with E-state index in [-0.39, 0.29) is 0 Å². The van der Waals surface area contributed by atoms with Crippen molar-refractivity contribution in [3.63, 3.8) is 0 Å². The van der Waals surface area contributed by atoms with Gasteiger partial charge in [-0.05, 0) is 56.2 Å². The van der Waals surface area contributed by atoms with Crippen LogP contribution in [-0.4, -0.2) is 37.6 Å². The van der Waals surface area contributed by atoms with Gasteiger partial charge in [-0.25, -0.2) is 0 Å². The molecule has 1 atom stereocenters. The molecule has 1 N–H and O–H groups in total. The van der Waals surface area contributed by atoms with Gasteiger partial charge in [0.25, 0.3) is 0 Å². The second-order valence-electron chi connectivity index (χ2n) is 6.37. The smallest absolute Gasteiger partial charge is 0.0111 e. The van der Waals surface area contributed by atoms with Crippen molar-refractivity contribution >= 4 is 0 Å². The first-order chi connectivity index (χ1) is 9.31. The van der Waals surface area contributed by atoms with Crippen molar-refractivity contribution in [3.05, 3.63) is 35.4 Å². The molecule has 0 bridgehead atoms. The molecule has 2 aliphatic carbocycles. The zero-order chi connectivity index (χ0) is 13.1. The van der Waals surface area contributed by atoms with E-state index in [2.05, 4.69) is 41.5 Å². The molecule has 2 nitrogen and oxygen atoms in total. The minimum atomic E-state index is 0.684. The van der Waals surface area contributed by atoms with E-state index in [1.165, 1.54) is 45.2 Å². The molecule has 19 heavy (non-hydrogen) atoms. The maximum absolute atomic E-state index is 3.75. The van der Waals surface area contributed by atoms with E-state index in [9.17, 15) is 0 Å². The minimum absolute atomic E-state index is 0.684. The third kappa shape index (κ3) is 3.80. The van der Waals surface area contributed by atoms with Gasteiger partial charge in [-0.2, -0.15) is 0 Å². The Hall–Kier alpha value is -0.860. The summed E-state index contributed by atoms with van der Waals surface area (Å²) in [5, 5.41) is 3.75. The second-order valence-corrected chi connectivity index (χ2v) is 6.37. The molecular formula is C17H26N2. The summed E-state index contributed by atoms with van der Waals surface area (Å²) in [4.78, 5) is 2.49. The van der Waals surface area contributed by atoms with Gasteiger partial charge in [-0.15, -0.1) is 0 Å². The molecule has 2 aliphatic rings. The number of hydrogen-bond acceptors (Lipinski definition) is 2. The van der Waals surface area contributed by atoms with Crippen LogP contribution in [0.25, 0.3) is 0 Å². The molecule has 1 saturated carbocycles. The Morgan fingerprint density at radius 2 is 1.95 bits per heavy atom. The fraction of sp³-hybridized carbons (Fsp3) is 0.647. The van der Waals surface area contributed by atoms with E-state index in [1.54, 1.807) is 11.1 Å². The summed E-state index contributed by atoms with van der Waals surface area (Å²) < 4.78 is 0. The molecule has 0 aliphatic heterocycles. The molecule has 1 unspecified atom stereocenters. The first kappa shape index (κ1) is 13.1. The van der Waals surface area contributed by atoms with Crippen LogP contribution in [0.1, 0.15) is 30.4 Å². The lowest BCUT2D eigenvalue weighted by Crippen LogP contribution is -2.39. The Morgan fingerprint density at radius 1 is 1.16 bits per heavy atom. The molecule has 104 valence electrons. The number of nitrogens with zero attached hydrogens (tertiary/aromatic N) is 1. The maximum atomic E-state index is 3.75. The van der Waals surface area contributed by atoms with E-state index in [4.69, 9.17) is 0 Å². The summed E-state index contributed by atoms with van der Waals surface area (Å²) in [5.41, 5.74) is 3.11. The molecule has 1 aromatic rings. The fourth-order valence-electron chi connectivity index (χ4n) is 3.16. The summed E-state index contributed by atoms with van der Waals surface area (Å²) >= 11 is 0. The first-order valence-electron chi connectivity index (χ1n) is 7.80. The number of fused-ring (bicyclic) bond motifs is 1. The predicted octanol–water partition coefficient (Wildman–Crippen LogP) is 2.48. The van der Waals surface area contributed by atoms with Crippen LogP contribution in [0, 0.1) is 5.92 Å². The van der Waals surface area contributed by atoms with Crippen LogP contribution < -0.4 is 5.32 Å². The highest BCUT2D eigenvalue weighted by molar-refractivity contribution is 5.30. The van der Waals surface area contributed by atoms with Gasteiger partial charge in [0.15, 0.2) is 0 Å². The van der Waals surface area contributed by atoms with Gasteiger partial charge in [0.05, 0.1) is 0 Å². The quantitative estimate of drug-likeness (QED) is 0.843. The van der Waals surface area contributed by atoms with Crippen LogP contribution in [0.4, 0.5) is 0 Å². The lowest BCUT2D eigenvalue weighted by atomic mass is 9.88. The first-order valence-corrected chi connectivity index (χ1v) is 7.80. The number of likely N-dealkylation sites (N-methyl/N-ethyl adjacent to an activating group) is 1. The fourth-order valence-corrected chi connectivity index (χ4v) is 3.16. The van der Waals surface area contributed by atoms with E-state index in [1.807, 2.05) is 0 Å². The summed E-state index contributed by atoms with van der Waals surface area (Å²) in [7, 11) is 2.26. The zero-order valence-corrected chi connectivity index (χ0v) is 12.1. The Morgan fingerprint density at radius 3 is 2.74 bits per heavy atom. The zero-order valence-electron chi connectivity index (χ0n) is 12.1. The summed E-state index contributed by atoms with van der Waals surface area (Å²) in [6, 6.07) is 9.60. The molecule has 1 fully saturated rings. The minimum Gasteiger partial charge on any atom is -0.312 e. The van der Waals surface area contributed by atoms with Gasteiger partial charge in [-0.1, -0.05) is 24.3 Å².